The van der Waals surface area contributed by atoms with Crippen molar-refractivity contribution in [3.8, 4) is 0 Å². The molecule has 16 heteroatoms. The van der Waals surface area contributed by atoms with Gasteiger partial charge in [-0.1, -0.05) is 70.2 Å². The minimum absolute atomic E-state index is 0.0334. The van der Waals surface area contributed by atoms with E-state index in [0.717, 1.165) is 18.4 Å². The molecular formula is C37H48BF3N6O6. The molecule has 2 saturated heterocycles. The fourth-order valence-corrected chi connectivity index (χ4v) is 8.22. The fraction of sp³-hybridized carbons (Fsp3) is 0.568. The lowest BCUT2D eigenvalue weighted by molar-refractivity contribution is -0.199. The average molecular weight is 741 g/mol. The van der Waals surface area contributed by atoms with Crippen LogP contribution in [0.5, 0.6) is 0 Å². The Morgan fingerprint density at radius 3 is 2.13 bits per heavy atom. The summed E-state index contributed by atoms with van der Waals surface area (Å²) >= 11 is 0. The molecular weight excluding hydrogens is 692 g/mol. The van der Waals surface area contributed by atoms with Crippen LogP contribution in [0.3, 0.4) is 0 Å². The normalized spacial score (nSPS) is 26.7. The summed E-state index contributed by atoms with van der Waals surface area (Å²) in [4.78, 5) is 53.7. The number of hydrazine groups is 1. The van der Waals surface area contributed by atoms with Crippen molar-refractivity contribution in [2.24, 2.45) is 23.2 Å². The topological polar surface area (TPSA) is 179 Å². The number of amides is 4. The van der Waals surface area contributed by atoms with E-state index < -0.39 is 72.2 Å². The molecule has 286 valence electrons. The number of hydrogen-bond acceptors (Lipinski definition) is 8. The molecule has 4 amide bonds. The van der Waals surface area contributed by atoms with Crippen molar-refractivity contribution in [2.45, 2.75) is 102 Å². The number of nitrogens with one attached hydrogen (secondary N) is 6. The van der Waals surface area contributed by atoms with Gasteiger partial charge < -0.3 is 30.6 Å². The minimum atomic E-state index is -4.60. The Labute approximate surface area is 307 Å². The molecule has 2 aromatic rings. The first-order valence-corrected chi connectivity index (χ1v) is 18.1. The van der Waals surface area contributed by atoms with E-state index in [-0.39, 0.29) is 35.5 Å². The minimum Gasteiger partial charge on any atom is -0.404 e. The number of rotatable bonds is 13. The van der Waals surface area contributed by atoms with E-state index >= 15 is 0 Å². The molecule has 2 aromatic carbocycles. The quantitative estimate of drug-likeness (QED) is 0.134. The first kappa shape index (κ1) is 38.7. The molecule has 1 unspecified atom stereocenters. The Hall–Kier alpha value is -3.99. The van der Waals surface area contributed by atoms with Crippen LogP contribution in [-0.4, -0.2) is 73.2 Å². The third-order valence-corrected chi connectivity index (χ3v) is 11.7. The molecule has 7 atom stereocenters. The van der Waals surface area contributed by atoms with E-state index in [4.69, 9.17) is 9.31 Å². The summed E-state index contributed by atoms with van der Waals surface area (Å²) in [6.45, 7) is 11.6. The van der Waals surface area contributed by atoms with Crippen LogP contribution >= 0.6 is 0 Å². The standard InChI is InChI=1S/C37H48BF3N6O6/c1-20(2)29(45-31(49)23-12-14-24(15-13-23)36(46-47-36)37(39,40)41)33(51)44-26(16-22-10-8-7-9-11-22)32(50)43-21(3)30(48)42-19-38-52-28-18-25-17-27(34(25,4)5)35(28,6)53-38/h7-15,20-21,25-29,46-47H,16-19H2,1-6H3,(H,42,48)(H,43,50)(H,44,51)(H,45,49)/t21-,25?,26-,27-,28+,29-,35-/m0/s1. The highest BCUT2D eigenvalue weighted by atomic mass is 19.4. The molecule has 5 aliphatic rings. The maximum absolute atomic E-state index is 13.7. The molecule has 2 heterocycles. The summed E-state index contributed by atoms with van der Waals surface area (Å²) < 4.78 is 53.0. The summed E-state index contributed by atoms with van der Waals surface area (Å²) in [6, 6.07) is 10.7. The highest BCUT2D eigenvalue weighted by molar-refractivity contribution is 6.46. The maximum Gasteiger partial charge on any atom is 0.478 e. The van der Waals surface area contributed by atoms with Gasteiger partial charge in [-0.3, -0.25) is 19.2 Å². The highest BCUT2D eigenvalue weighted by Crippen LogP contribution is 2.65. The number of halogens is 3. The number of benzene rings is 2. The predicted octanol–water partition coefficient (Wildman–Crippen LogP) is 2.88. The highest BCUT2D eigenvalue weighted by Gasteiger charge is 2.68. The van der Waals surface area contributed by atoms with Crippen LogP contribution in [0.2, 0.25) is 0 Å². The Kier molecular flexibility index (Phi) is 10.5. The molecule has 3 aliphatic carbocycles. The van der Waals surface area contributed by atoms with Crippen molar-refractivity contribution in [1.29, 1.82) is 0 Å². The van der Waals surface area contributed by atoms with Gasteiger partial charge in [0.2, 0.25) is 23.4 Å². The van der Waals surface area contributed by atoms with Crippen molar-refractivity contribution in [3.63, 3.8) is 0 Å². The number of carbonyl (C=O) groups excluding carboxylic acids is 4. The summed E-state index contributed by atoms with van der Waals surface area (Å²) in [5.74, 6) is -1.85. The molecule has 2 bridgehead atoms. The van der Waals surface area contributed by atoms with Gasteiger partial charge in [-0.05, 0) is 73.1 Å². The Bertz CT molecular complexity index is 1710. The second-order valence-corrected chi connectivity index (χ2v) is 15.9. The molecule has 5 fully saturated rings. The zero-order chi connectivity index (χ0) is 38.5. The molecule has 2 aliphatic heterocycles. The number of carbonyl (C=O) groups is 4. The van der Waals surface area contributed by atoms with E-state index in [1.54, 1.807) is 38.1 Å². The van der Waals surface area contributed by atoms with Gasteiger partial charge in [-0.25, -0.2) is 10.9 Å². The van der Waals surface area contributed by atoms with E-state index in [1.165, 1.54) is 31.2 Å². The largest absolute Gasteiger partial charge is 0.478 e. The van der Waals surface area contributed by atoms with Crippen molar-refractivity contribution in [2.75, 3.05) is 6.44 Å². The van der Waals surface area contributed by atoms with Crippen molar-refractivity contribution >= 4 is 30.7 Å². The van der Waals surface area contributed by atoms with Crippen LogP contribution in [0, 0.1) is 23.2 Å². The summed E-state index contributed by atoms with van der Waals surface area (Å²) in [5.41, 5.74) is 2.30. The van der Waals surface area contributed by atoms with Gasteiger partial charge in [0.25, 0.3) is 5.91 Å². The van der Waals surface area contributed by atoms with Crippen LogP contribution in [0.15, 0.2) is 54.6 Å². The monoisotopic (exact) mass is 740 g/mol. The zero-order valence-electron chi connectivity index (χ0n) is 30.7. The maximum atomic E-state index is 13.7. The van der Waals surface area contributed by atoms with Gasteiger partial charge in [0.1, 0.15) is 18.1 Å². The molecule has 0 spiro atoms. The SMILES string of the molecule is CC(C)[C@H](NC(=O)c1ccc(C2(C(F)(F)F)NN2)cc1)C(=O)N[C@@H](Cc1ccccc1)C(=O)N[C@@H](C)C(=O)NCB1O[C@@H]2CC3C[C@@H](C3(C)C)[C@]2(C)O1. The molecule has 0 aromatic heterocycles. The second-order valence-electron chi connectivity index (χ2n) is 15.9. The van der Waals surface area contributed by atoms with Gasteiger partial charge in [0, 0.05) is 12.0 Å². The molecule has 53 heavy (non-hydrogen) atoms. The lowest BCUT2D eigenvalue weighted by Crippen LogP contribution is -2.65. The molecule has 6 N–H and O–H groups in total. The third-order valence-electron chi connectivity index (χ3n) is 11.7. The van der Waals surface area contributed by atoms with Crippen molar-refractivity contribution in [3.05, 3.63) is 71.3 Å². The predicted molar refractivity (Wildman–Crippen MR) is 189 cm³/mol. The van der Waals surface area contributed by atoms with Gasteiger partial charge in [0.15, 0.2) is 0 Å². The first-order valence-electron chi connectivity index (χ1n) is 18.1. The fourth-order valence-electron chi connectivity index (χ4n) is 8.22. The summed E-state index contributed by atoms with van der Waals surface area (Å²) in [5, 5.41) is 10.9. The van der Waals surface area contributed by atoms with Gasteiger partial charge in [-0.2, -0.15) is 13.2 Å². The second kappa shape index (κ2) is 14.3. The van der Waals surface area contributed by atoms with Gasteiger partial charge in [-0.15, -0.1) is 0 Å². The summed E-state index contributed by atoms with van der Waals surface area (Å²) in [7, 11) is -0.609. The molecule has 3 saturated carbocycles. The third kappa shape index (κ3) is 7.55. The Morgan fingerprint density at radius 1 is 0.887 bits per heavy atom. The number of alkyl halides is 3. The van der Waals surface area contributed by atoms with Crippen LogP contribution in [0.1, 0.15) is 75.9 Å². The van der Waals surface area contributed by atoms with E-state index in [2.05, 4.69) is 52.9 Å². The van der Waals surface area contributed by atoms with Crippen molar-refractivity contribution < 1.29 is 41.7 Å². The van der Waals surface area contributed by atoms with Crippen LogP contribution in [-0.2, 0) is 35.8 Å². The lowest BCUT2D eigenvalue weighted by Gasteiger charge is -2.64. The summed E-state index contributed by atoms with van der Waals surface area (Å²) in [6.07, 6.45) is -2.40. The van der Waals surface area contributed by atoms with E-state index in [9.17, 15) is 32.3 Å². The first-order chi connectivity index (χ1) is 24.9. The average Bonchev–Trinajstić information content (AvgIpc) is 3.86. The van der Waals surface area contributed by atoms with Crippen LogP contribution < -0.4 is 32.1 Å². The Balaban J connectivity index is 1.06. The zero-order valence-corrected chi connectivity index (χ0v) is 30.7. The van der Waals surface area contributed by atoms with Gasteiger partial charge >= 0.3 is 13.3 Å². The molecule has 0 radical (unpaired) electrons. The molecule has 12 nitrogen and oxygen atoms in total. The number of hydrogen-bond donors (Lipinski definition) is 6. The molecule has 7 rings (SSSR count). The van der Waals surface area contributed by atoms with E-state index in [1.807, 2.05) is 6.07 Å². The van der Waals surface area contributed by atoms with E-state index in [0.29, 0.717) is 11.8 Å². The lowest BCUT2D eigenvalue weighted by atomic mass is 9.43. The van der Waals surface area contributed by atoms with Gasteiger partial charge in [0.05, 0.1) is 18.1 Å². The Morgan fingerprint density at radius 2 is 1.55 bits per heavy atom. The smallest absolute Gasteiger partial charge is 0.404 e. The van der Waals surface area contributed by atoms with Crippen molar-refractivity contribution in [1.82, 2.24) is 32.1 Å². The van der Waals surface area contributed by atoms with Crippen LogP contribution in [0.25, 0.3) is 0 Å². The van der Waals surface area contributed by atoms with Crippen LogP contribution in [0.4, 0.5) is 13.2 Å².